The van der Waals surface area contributed by atoms with Gasteiger partial charge in [0.2, 0.25) is 10.0 Å². The topological polar surface area (TPSA) is 86.8 Å². The molecule has 0 spiro atoms. The van der Waals surface area contributed by atoms with Crippen LogP contribution in [0.1, 0.15) is 44.8 Å². The zero-order chi connectivity index (χ0) is 25.0. The van der Waals surface area contributed by atoms with Crippen molar-refractivity contribution in [3.05, 3.63) is 95.1 Å². The van der Waals surface area contributed by atoms with Gasteiger partial charge in [-0.1, -0.05) is 36.4 Å². The lowest BCUT2D eigenvalue weighted by Crippen LogP contribution is -2.30. The first-order valence-corrected chi connectivity index (χ1v) is 12.2. The van der Waals surface area contributed by atoms with Gasteiger partial charge in [0.15, 0.2) is 0 Å². The number of benzene rings is 3. The number of anilines is 1. The molecule has 7 nitrogen and oxygen atoms in total. The maximum absolute atomic E-state index is 13.3. The summed E-state index contributed by atoms with van der Waals surface area (Å²) in [6, 6.07) is 20.5. The van der Waals surface area contributed by atoms with Crippen LogP contribution in [0, 0.1) is 6.92 Å². The van der Waals surface area contributed by atoms with Crippen LogP contribution in [0.3, 0.4) is 0 Å². The minimum absolute atomic E-state index is 0.0677. The van der Waals surface area contributed by atoms with Gasteiger partial charge in [-0.2, -0.15) is 0 Å². The van der Waals surface area contributed by atoms with Gasteiger partial charge < -0.3 is 10.2 Å². The summed E-state index contributed by atoms with van der Waals surface area (Å²) in [7, 11) is 0.916. The molecule has 1 atom stereocenters. The van der Waals surface area contributed by atoms with Crippen molar-refractivity contribution in [2.75, 3.05) is 26.5 Å². The third kappa shape index (κ3) is 5.35. The van der Waals surface area contributed by atoms with E-state index in [1.165, 1.54) is 26.2 Å². The predicted octanol–water partition coefficient (Wildman–Crippen LogP) is 4.33. The second-order valence-corrected chi connectivity index (χ2v) is 10.5. The van der Waals surface area contributed by atoms with Gasteiger partial charge in [0.25, 0.3) is 11.8 Å². The molecule has 0 radical (unpaired) electrons. The molecule has 0 heterocycles. The van der Waals surface area contributed by atoms with Gasteiger partial charge in [0.1, 0.15) is 0 Å². The molecule has 3 rings (SSSR count). The molecule has 178 valence electrons. The Balaban J connectivity index is 1.83. The molecule has 8 heteroatoms. The number of aryl methyl sites for hydroxylation is 1. The molecule has 0 aromatic heterocycles. The van der Waals surface area contributed by atoms with Gasteiger partial charge >= 0.3 is 0 Å². The molecule has 3 aromatic carbocycles. The Labute approximate surface area is 201 Å². The van der Waals surface area contributed by atoms with Crippen LogP contribution >= 0.6 is 0 Å². The molecular formula is C26H29N3O4S. The van der Waals surface area contributed by atoms with Gasteiger partial charge in [-0.15, -0.1) is 0 Å². The van der Waals surface area contributed by atoms with Gasteiger partial charge in [-0.3, -0.25) is 9.59 Å². The van der Waals surface area contributed by atoms with E-state index >= 15 is 0 Å². The third-order valence-corrected chi connectivity index (χ3v) is 7.59. The number of hydrogen-bond donors (Lipinski definition) is 1. The van der Waals surface area contributed by atoms with Crippen LogP contribution in [-0.4, -0.2) is 50.6 Å². The van der Waals surface area contributed by atoms with E-state index in [0.717, 1.165) is 9.87 Å². The number of amides is 2. The molecule has 1 N–H and O–H groups in total. The fourth-order valence-electron chi connectivity index (χ4n) is 3.46. The Morgan fingerprint density at radius 3 is 2.21 bits per heavy atom. The largest absolute Gasteiger partial charge is 0.335 e. The van der Waals surface area contributed by atoms with E-state index in [9.17, 15) is 18.0 Å². The monoisotopic (exact) mass is 479 g/mol. The Morgan fingerprint density at radius 2 is 1.56 bits per heavy atom. The molecule has 34 heavy (non-hydrogen) atoms. The zero-order valence-corrected chi connectivity index (χ0v) is 20.8. The first-order valence-electron chi connectivity index (χ1n) is 10.8. The van der Waals surface area contributed by atoms with Crippen molar-refractivity contribution >= 4 is 27.5 Å². The lowest BCUT2D eigenvalue weighted by molar-refractivity contribution is 0.0741. The molecule has 0 bridgehead atoms. The first-order chi connectivity index (χ1) is 16.0. The highest BCUT2D eigenvalue weighted by atomic mass is 32.2. The fraction of sp³-hybridized carbons (Fsp3) is 0.231. The Bertz CT molecular complexity index is 1300. The molecule has 0 saturated carbocycles. The minimum Gasteiger partial charge on any atom is -0.335 e. The van der Waals surface area contributed by atoms with Crippen LogP contribution in [0.5, 0.6) is 0 Å². The fourth-order valence-corrected chi connectivity index (χ4v) is 4.39. The summed E-state index contributed by atoms with van der Waals surface area (Å²) < 4.78 is 26.2. The van der Waals surface area contributed by atoms with Crippen LogP contribution in [0.25, 0.3) is 0 Å². The molecular weight excluding hydrogens is 450 g/mol. The Kier molecular flexibility index (Phi) is 7.54. The van der Waals surface area contributed by atoms with E-state index in [1.54, 1.807) is 55.3 Å². The third-order valence-electron chi connectivity index (χ3n) is 5.78. The van der Waals surface area contributed by atoms with Crippen molar-refractivity contribution in [1.82, 2.24) is 9.21 Å². The standard InChI is InChI=1S/C26H29N3O4S/c1-18-14-15-23(34(32,33)28(3)4)17-24(18)26(31)29(5)19(2)21-12-9-13-22(16-21)27-25(30)20-10-7-6-8-11-20/h6-17,19H,1-5H3,(H,27,30). The van der Waals surface area contributed by atoms with Crippen molar-refractivity contribution in [3.63, 3.8) is 0 Å². The Morgan fingerprint density at radius 1 is 0.882 bits per heavy atom. The molecule has 3 aromatic rings. The summed E-state index contributed by atoms with van der Waals surface area (Å²) in [5, 5.41) is 2.88. The summed E-state index contributed by atoms with van der Waals surface area (Å²) in [5.74, 6) is -0.510. The second kappa shape index (κ2) is 10.2. The van der Waals surface area contributed by atoms with Crippen LogP contribution in [0.4, 0.5) is 5.69 Å². The highest BCUT2D eigenvalue weighted by Gasteiger charge is 2.24. The van der Waals surface area contributed by atoms with Crippen molar-refractivity contribution in [2.24, 2.45) is 0 Å². The highest BCUT2D eigenvalue weighted by Crippen LogP contribution is 2.26. The highest BCUT2D eigenvalue weighted by molar-refractivity contribution is 7.89. The number of carbonyl (C=O) groups is 2. The van der Waals surface area contributed by atoms with Gasteiger partial charge in [-0.25, -0.2) is 12.7 Å². The summed E-state index contributed by atoms with van der Waals surface area (Å²) in [5.41, 5.74) is 3.01. The molecule has 1 unspecified atom stereocenters. The van der Waals surface area contributed by atoms with Crippen molar-refractivity contribution in [2.45, 2.75) is 24.8 Å². The van der Waals surface area contributed by atoms with E-state index in [2.05, 4.69) is 5.32 Å². The summed E-state index contributed by atoms with van der Waals surface area (Å²) in [4.78, 5) is 27.4. The van der Waals surface area contributed by atoms with Crippen molar-refractivity contribution in [3.8, 4) is 0 Å². The molecule has 0 aliphatic carbocycles. The average Bonchev–Trinajstić information content (AvgIpc) is 2.83. The molecule has 0 saturated heterocycles. The Hall–Kier alpha value is -3.49. The number of carbonyl (C=O) groups excluding carboxylic acids is 2. The number of nitrogens with one attached hydrogen (secondary N) is 1. The van der Waals surface area contributed by atoms with E-state index in [1.807, 2.05) is 31.2 Å². The average molecular weight is 480 g/mol. The quantitative estimate of drug-likeness (QED) is 0.546. The zero-order valence-electron chi connectivity index (χ0n) is 19.9. The van der Waals surface area contributed by atoms with E-state index in [4.69, 9.17) is 0 Å². The van der Waals surface area contributed by atoms with Crippen LogP contribution in [-0.2, 0) is 10.0 Å². The summed E-state index contributed by atoms with van der Waals surface area (Å²) in [6.45, 7) is 3.66. The van der Waals surface area contributed by atoms with Crippen molar-refractivity contribution in [1.29, 1.82) is 0 Å². The molecule has 0 aliphatic heterocycles. The van der Waals surface area contributed by atoms with Crippen LogP contribution in [0.15, 0.2) is 77.7 Å². The maximum Gasteiger partial charge on any atom is 0.255 e. The van der Waals surface area contributed by atoms with E-state index in [-0.39, 0.29) is 22.8 Å². The number of rotatable bonds is 7. The maximum atomic E-state index is 13.3. The summed E-state index contributed by atoms with van der Waals surface area (Å²) >= 11 is 0. The van der Waals surface area contributed by atoms with Gasteiger partial charge in [-0.05, 0) is 61.4 Å². The first kappa shape index (κ1) is 25.1. The predicted molar refractivity (Wildman–Crippen MR) is 133 cm³/mol. The normalized spacial score (nSPS) is 12.3. The minimum atomic E-state index is -3.67. The lowest BCUT2D eigenvalue weighted by Gasteiger charge is -2.27. The van der Waals surface area contributed by atoms with E-state index in [0.29, 0.717) is 22.4 Å². The molecule has 2 amide bonds. The SMILES string of the molecule is Cc1ccc(S(=O)(=O)N(C)C)cc1C(=O)N(C)C(C)c1cccc(NC(=O)c2ccccc2)c1. The van der Waals surface area contributed by atoms with Gasteiger partial charge in [0.05, 0.1) is 10.9 Å². The summed E-state index contributed by atoms with van der Waals surface area (Å²) in [6.07, 6.45) is 0. The number of hydrogen-bond acceptors (Lipinski definition) is 4. The van der Waals surface area contributed by atoms with Crippen molar-refractivity contribution < 1.29 is 18.0 Å². The van der Waals surface area contributed by atoms with Crippen LogP contribution < -0.4 is 5.32 Å². The molecule has 0 fully saturated rings. The molecule has 0 aliphatic rings. The van der Waals surface area contributed by atoms with Crippen LogP contribution in [0.2, 0.25) is 0 Å². The number of sulfonamides is 1. The lowest BCUT2D eigenvalue weighted by atomic mass is 10.0. The second-order valence-electron chi connectivity index (χ2n) is 8.30. The number of nitrogens with zero attached hydrogens (tertiary/aromatic N) is 2. The smallest absolute Gasteiger partial charge is 0.255 e. The van der Waals surface area contributed by atoms with Gasteiger partial charge in [0, 0.05) is 38.0 Å². The van der Waals surface area contributed by atoms with E-state index < -0.39 is 10.0 Å².